The summed E-state index contributed by atoms with van der Waals surface area (Å²) in [6, 6.07) is 0. The van der Waals surface area contributed by atoms with Crippen molar-refractivity contribution in [1.29, 1.82) is 0 Å². The molecule has 8 heteroatoms. The molecule has 3 amide bonds. The number of carbonyl (C=O) groups excluding carboxylic acids is 3. The Balaban J connectivity index is 1.54. The molecule has 8 nitrogen and oxygen atoms in total. The number of nitrogens with one attached hydrogen (secondary N) is 1. The zero-order chi connectivity index (χ0) is 20.5. The fraction of sp³-hybridized carbons (Fsp3) is 0.667. The maximum absolute atomic E-state index is 12.6. The van der Waals surface area contributed by atoms with Crippen LogP contribution in [-0.4, -0.2) is 58.8 Å². The van der Waals surface area contributed by atoms with E-state index in [4.69, 9.17) is 9.97 Å². The summed E-state index contributed by atoms with van der Waals surface area (Å²) >= 11 is 0. The highest BCUT2D eigenvalue weighted by molar-refractivity contribution is 5.95. The highest BCUT2D eigenvalue weighted by atomic mass is 16.2. The zero-order valence-electron chi connectivity index (χ0n) is 17.2. The van der Waals surface area contributed by atoms with Crippen LogP contribution in [0, 0.1) is 12.8 Å². The molecule has 1 saturated carbocycles. The largest absolute Gasteiger partial charge is 0.347 e. The van der Waals surface area contributed by atoms with E-state index in [0.29, 0.717) is 31.8 Å². The maximum atomic E-state index is 12.6. The number of amides is 3. The van der Waals surface area contributed by atoms with E-state index in [1.807, 2.05) is 11.8 Å². The fourth-order valence-corrected chi connectivity index (χ4v) is 4.26. The first-order valence-electron chi connectivity index (χ1n) is 10.6. The van der Waals surface area contributed by atoms with Crippen molar-refractivity contribution in [2.24, 2.45) is 5.92 Å². The highest BCUT2D eigenvalue weighted by Gasteiger charge is 2.34. The molecule has 1 aliphatic carbocycles. The van der Waals surface area contributed by atoms with Crippen molar-refractivity contribution >= 4 is 23.5 Å². The van der Waals surface area contributed by atoms with Gasteiger partial charge in [-0.3, -0.25) is 19.3 Å². The Morgan fingerprint density at radius 1 is 1.17 bits per heavy atom. The second-order valence-electron chi connectivity index (χ2n) is 8.51. The van der Waals surface area contributed by atoms with Gasteiger partial charge in [0.1, 0.15) is 11.6 Å². The van der Waals surface area contributed by atoms with E-state index in [0.717, 1.165) is 42.3 Å². The fourth-order valence-electron chi connectivity index (χ4n) is 4.26. The Morgan fingerprint density at radius 2 is 1.97 bits per heavy atom. The van der Waals surface area contributed by atoms with Crippen LogP contribution < -0.4 is 10.2 Å². The number of nitrogens with zero attached hydrogens (tertiary/aromatic N) is 4. The van der Waals surface area contributed by atoms with Gasteiger partial charge in [0.2, 0.25) is 17.7 Å². The summed E-state index contributed by atoms with van der Waals surface area (Å²) in [6.07, 6.45) is 5.39. The van der Waals surface area contributed by atoms with E-state index < -0.39 is 0 Å². The highest BCUT2D eigenvalue weighted by Crippen LogP contribution is 2.36. The molecule has 1 aromatic heterocycles. The molecule has 29 heavy (non-hydrogen) atoms. The predicted octanol–water partition coefficient (Wildman–Crippen LogP) is 1.32. The number of aromatic nitrogens is 2. The van der Waals surface area contributed by atoms with E-state index in [-0.39, 0.29) is 30.2 Å². The van der Waals surface area contributed by atoms with Crippen molar-refractivity contribution in [3.05, 3.63) is 17.1 Å². The smallest absolute Gasteiger partial charge is 0.241 e. The minimum atomic E-state index is -0.207. The molecule has 1 aromatic rings. The van der Waals surface area contributed by atoms with Crippen LogP contribution in [0.4, 0.5) is 5.82 Å². The first kappa shape index (κ1) is 19.8. The summed E-state index contributed by atoms with van der Waals surface area (Å²) < 4.78 is 0. The molecule has 0 aromatic carbocycles. The van der Waals surface area contributed by atoms with Crippen molar-refractivity contribution in [2.75, 3.05) is 31.1 Å². The molecule has 0 unspecified atom stereocenters. The molecule has 0 radical (unpaired) electrons. The summed E-state index contributed by atoms with van der Waals surface area (Å²) in [7, 11) is 0. The number of hydrogen-bond acceptors (Lipinski definition) is 5. The minimum absolute atomic E-state index is 0.0236. The Kier molecular flexibility index (Phi) is 5.52. The Morgan fingerprint density at radius 3 is 2.69 bits per heavy atom. The topological polar surface area (TPSA) is 95.5 Å². The summed E-state index contributed by atoms with van der Waals surface area (Å²) in [5, 5.41) is 2.58. The number of carbonyl (C=O) groups is 3. The lowest BCUT2D eigenvalue weighted by atomic mass is 9.95. The number of fused-ring (bicyclic) bond motifs is 1. The maximum Gasteiger partial charge on any atom is 0.241 e. The van der Waals surface area contributed by atoms with Crippen molar-refractivity contribution in [1.82, 2.24) is 20.2 Å². The van der Waals surface area contributed by atoms with Crippen LogP contribution in [0.25, 0.3) is 0 Å². The van der Waals surface area contributed by atoms with Gasteiger partial charge in [0, 0.05) is 50.2 Å². The molecule has 1 atom stereocenters. The van der Waals surface area contributed by atoms with Crippen LogP contribution in [0.5, 0.6) is 0 Å². The lowest BCUT2D eigenvalue weighted by Crippen LogP contribution is -2.44. The number of hydrogen-bond donors (Lipinski definition) is 1. The zero-order valence-corrected chi connectivity index (χ0v) is 17.2. The Bertz CT molecular complexity index is 836. The van der Waals surface area contributed by atoms with Crippen LogP contribution in [0.2, 0.25) is 0 Å². The quantitative estimate of drug-likeness (QED) is 0.806. The molecule has 4 rings (SSSR count). The molecule has 2 fully saturated rings. The SMILES string of the molecule is CC(=O)NCC(=O)N1CCC[C@@H](c2nc(C)c3c(n2)N(CC2CC2)C(=O)CC3)C1. The molecule has 1 N–H and O–H groups in total. The summed E-state index contributed by atoms with van der Waals surface area (Å²) in [5.74, 6) is 2.04. The number of anilines is 1. The van der Waals surface area contributed by atoms with Crippen LogP contribution in [0.1, 0.15) is 62.0 Å². The molecular weight excluding hydrogens is 370 g/mol. The molecule has 0 bridgehead atoms. The molecular formula is C21H29N5O3. The van der Waals surface area contributed by atoms with Gasteiger partial charge in [0.25, 0.3) is 0 Å². The van der Waals surface area contributed by atoms with Crippen LogP contribution in [0.3, 0.4) is 0 Å². The predicted molar refractivity (Wildman–Crippen MR) is 107 cm³/mol. The molecule has 3 heterocycles. The molecule has 1 saturated heterocycles. The number of likely N-dealkylation sites (tertiary alicyclic amines) is 1. The van der Waals surface area contributed by atoms with Crippen LogP contribution in [0.15, 0.2) is 0 Å². The summed E-state index contributed by atoms with van der Waals surface area (Å²) in [6.45, 7) is 5.42. The van der Waals surface area contributed by atoms with Gasteiger partial charge in [0.15, 0.2) is 0 Å². The van der Waals surface area contributed by atoms with Gasteiger partial charge in [-0.25, -0.2) is 9.97 Å². The van der Waals surface area contributed by atoms with Crippen molar-refractivity contribution in [3.63, 3.8) is 0 Å². The Labute approximate surface area is 171 Å². The monoisotopic (exact) mass is 399 g/mol. The average Bonchev–Trinajstić information content (AvgIpc) is 3.52. The third kappa shape index (κ3) is 4.41. The van der Waals surface area contributed by atoms with Crippen molar-refractivity contribution in [3.8, 4) is 0 Å². The second kappa shape index (κ2) is 8.08. The second-order valence-corrected chi connectivity index (χ2v) is 8.51. The Hall–Kier alpha value is -2.51. The van der Waals surface area contributed by atoms with E-state index in [2.05, 4.69) is 5.32 Å². The van der Waals surface area contributed by atoms with Gasteiger partial charge < -0.3 is 10.2 Å². The van der Waals surface area contributed by atoms with Gasteiger partial charge in [0.05, 0.1) is 6.54 Å². The first-order valence-corrected chi connectivity index (χ1v) is 10.6. The lowest BCUT2D eigenvalue weighted by Gasteiger charge is -2.34. The van der Waals surface area contributed by atoms with E-state index in [1.165, 1.54) is 19.8 Å². The molecule has 2 aliphatic heterocycles. The molecule has 3 aliphatic rings. The third-order valence-electron chi connectivity index (χ3n) is 6.12. The van der Waals surface area contributed by atoms with Crippen molar-refractivity contribution in [2.45, 2.75) is 58.3 Å². The number of aryl methyl sites for hydroxylation is 1. The van der Waals surface area contributed by atoms with Crippen LogP contribution in [-0.2, 0) is 20.8 Å². The standard InChI is InChI=1S/C21H29N5O3/c1-13-17-7-8-18(28)26(11-15-5-6-15)21(17)24-20(23-13)16-4-3-9-25(12-16)19(29)10-22-14(2)27/h15-16H,3-12H2,1-2H3,(H,22,27)/t16-/m1/s1. The molecule has 156 valence electrons. The first-order chi connectivity index (χ1) is 13.9. The van der Waals surface area contributed by atoms with Gasteiger partial charge >= 0.3 is 0 Å². The third-order valence-corrected chi connectivity index (χ3v) is 6.12. The summed E-state index contributed by atoms with van der Waals surface area (Å²) in [4.78, 5) is 49.4. The lowest BCUT2D eigenvalue weighted by molar-refractivity contribution is -0.133. The van der Waals surface area contributed by atoms with E-state index >= 15 is 0 Å². The number of rotatable bonds is 5. The van der Waals surface area contributed by atoms with Gasteiger partial charge in [-0.05, 0) is 44.9 Å². The van der Waals surface area contributed by atoms with E-state index in [1.54, 1.807) is 4.90 Å². The summed E-state index contributed by atoms with van der Waals surface area (Å²) in [5.41, 5.74) is 2.03. The average molecular weight is 399 g/mol. The van der Waals surface area contributed by atoms with E-state index in [9.17, 15) is 14.4 Å². The van der Waals surface area contributed by atoms with Crippen LogP contribution >= 0.6 is 0 Å². The van der Waals surface area contributed by atoms with Gasteiger partial charge in [-0.15, -0.1) is 0 Å². The normalized spacial score (nSPS) is 21.7. The van der Waals surface area contributed by atoms with Crippen molar-refractivity contribution < 1.29 is 14.4 Å². The van der Waals surface area contributed by atoms with Gasteiger partial charge in [-0.2, -0.15) is 0 Å². The molecule has 0 spiro atoms. The van der Waals surface area contributed by atoms with Gasteiger partial charge in [-0.1, -0.05) is 0 Å². The number of piperidine rings is 1. The minimum Gasteiger partial charge on any atom is -0.347 e.